The fraction of sp³-hybridized carbons (Fsp3) is 0.250. The largest absolute Gasteiger partial charge is 0.415 e. The Kier molecular flexibility index (Phi) is 13.4. The maximum Gasteiger partial charge on any atom is 0.321 e. The molecule has 1 aliphatic heterocycles. The minimum atomic E-state index is -2.87. The van der Waals surface area contributed by atoms with Gasteiger partial charge >= 0.3 is 25.7 Å². The minimum absolute atomic E-state index is 0.935. The van der Waals surface area contributed by atoms with Crippen LogP contribution in [0.25, 0.3) is 0 Å². The summed E-state index contributed by atoms with van der Waals surface area (Å²) in [5.74, 6) is 0. The fourth-order valence-electron chi connectivity index (χ4n) is 7.94. The number of aryl methyl sites for hydroxylation is 6. The van der Waals surface area contributed by atoms with E-state index in [1.807, 2.05) is 0 Å². The monoisotopic (exact) mass is 762 g/mol. The lowest BCUT2D eigenvalue weighted by Gasteiger charge is -2.54. The van der Waals surface area contributed by atoms with E-state index in [0.717, 1.165) is 74.8 Å². The Morgan fingerprint density at radius 3 is 0.519 bits per heavy atom. The zero-order chi connectivity index (χ0) is 36.8. The molecule has 0 N–H and O–H groups in total. The van der Waals surface area contributed by atoms with Crippen LogP contribution in [0.5, 0.6) is 0 Å². The number of hydrogen-bond donors (Lipinski definition) is 0. The number of rotatable bonds is 18. The summed E-state index contributed by atoms with van der Waals surface area (Å²) in [6.07, 6.45) is 5.70. The van der Waals surface area contributed by atoms with Crippen molar-refractivity contribution in [3.63, 3.8) is 0 Å². The lowest BCUT2D eigenvalue weighted by atomic mass is 10.2. The molecule has 54 heavy (non-hydrogen) atoms. The first-order valence-electron chi connectivity index (χ1n) is 19.9. The Balaban J connectivity index is 1.33. The van der Waals surface area contributed by atoms with Crippen LogP contribution in [-0.2, 0) is 50.9 Å². The van der Waals surface area contributed by atoms with Crippen molar-refractivity contribution < 1.29 is 12.3 Å². The van der Waals surface area contributed by atoms with Crippen LogP contribution in [-0.4, -0.2) is 25.7 Å². The third-order valence-electron chi connectivity index (χ3n) is 10.9. The molecule has 6 heteroatoms. The minimum Gasteiger partial charge on any atom is -0.415 e. The molecule has 7 rings (SSSR count). The smallest absolute Gasteiger partial charge is 0.321 e. The van der Waals surface area contributed by atoms with Gasteiger partial charge in [0.25, 0.3) is 0 Å². The summed E-state index contributed by atoms with van der Waals surface area (Å²) in [7, 11) is -8.62. The molecule has 0 amide bonds. The molecule has 0 aliphatic carbocycles. The van der Waals surface area contributed by atoms with Crippen molar-refractivity contribution in [3.05, 3.63) is 215 Å². The highest BCUT2D eigenvalue weighted by Crippen LogP contribution is 2.45. The summed E-state index contributed by atoms with van der Waals surface area (Å²) in [4.78, 5) is 0. The summed E-state index contributed by atoms with van der Waals surface area (Å²) in [6.45, 7) is 0. The Labute approximate surface area is 326 Å². The zero-order valence-electron chi connectivity index (χ0n) is 31.5. The van der Waals surface area contributed by atoms with Crippen molar-refractivity contribution >= 4 is 25.7 Å². The van der Waals surface area contributed by atoms with Gasteiger partial charge in [-0.3, -0.25) is 0 Å². The summed E-state index contributed by atoms with van der Waals surface area (Å²) in [6, 6.07) is 71.5. The first-order valence-corrected chi connectivity index (χ1v) is 26.6. The van der Waals surface area contributed by atoms with E-state index in [0.29, 0.717) is 0 Å². The molecule has 6 aromatic rings. The standard InChI is InChI=1S/C48H54O3Si3/c1-7-19-43(20-8-1)31-37-52(38-32-44-21-9-2-10-22-44)49-53(39-33-45-23-11-3-12-24-45,40-34-46-25-13-4-14-26-46)51-54(50-52,41-35-47-27-15-5-16-28-47)42-36-48-29-17-6-18-30-48/h1-30H,31-42H2. The van der Waals surface area contributed by atoms with Crippen LogP contribution in [0, 0.1) is 0 Å². The lowest BCUT2D eigenvalue weighted by Crippen LogP contribution is -2.70. The maximum atomic E-state index is 7.98. The molecule has 0 unspecified atom stereocenters. The first-order chi connectivity index (χ1) is 26.6. The SMILES string of the molecule is c1ccc(CC[Si]2(CCc3ccccc3)O[Si](CCc3ccccc3)(CCc3ccccc3)O[Si](CCc3ccccc3)(CCc3ccccc3)O2)cc1. The van der Waals surface area contributed by atoms with Gasteiger partial charge in [0.1, 0.15) is 0 Å². The predicted octanol–water partition coefficient (Wildman–Crippen LogP) is 11.8. The molecule has 0 atom stereocenters. The van der Waals surface area contributed by atoms with Crippen LogP contribution in [0.15, 0.2) is 182 Å². The van der Waals surface area contributed by atoms with Crippen LogP contribution in [0.2, 0.25) is 36.3 Å². The fourth-order valence-corrected chi connectivity index (χ4v) is 27.4. The van der Waals surface area contributed by atoms with E-state index in [9.17, 15) is 0 Å². The van der Waals surface area contributed by atoms with Gasteiger partial charge in [0.2, 0.25) is 0 Å². The van der Waals surface area contributed by atoms with Gasteiger partial charge in [-0.05, 0) is 108 Å². The third-order valence-corrected chi connectivity index (χ3v) is 25.9. The van der Waals surface area contributed by atoms with E-state index in [4.69, 9.17) is 12.3 Å². The normalized spacial score (nSPS) is 15.8. The molecule has 0 aromatic heterocycles. The van der Waals surface area contributed by atoms with Crippen LogP contribution >= 0.6 is 0 Å². The molecule has 1 heterocycles. The van der Waals surface area contributed by atoms with Crippen molar-refractivity contribution in [1.82, 2.24) is 0 Å². The van der Waals surface area contributed by atoms with E-state index in [2.05, 4.69) is 182 Å². The quantitative estimate of drug-likeness (QED) is 0.0816. The predicted molar refractivity (Wildman–Crippen MR) is 230 cm³/mol. The molecule has 0 bridgehead atoms. The second kappa shape index (κ2) is 18.9. The van der Waals surface area contributed by atoms with Gasteiger partial charge in [0, 0.05) is 0 Å². The number of hydrogen-bond acceptors (Lipinski definition) is 3. The van der Waals surface area contributed by atoms with Gasteiger partial charge in [-0.15, -0.1) is 0 Å². The average molecular weight is 763 g/mol. The summed E-state index contributed by atoms with van der Waals surface area (Å²) >= 11 is 0. The van der Waals surface area contributed by atoms with Crippen molar-refractivity contribution in [2.45, 2.75) is 74.8 Å². The van der Waals surface area contributed by atoms with E-state index < -0.39 is 25.7 Å². The molecular weight excluding hydrogens is 709 g/mol. The maximum absolute atomic E-state index is 7.98. The van der Waals surface area contributed by atoms with Crippen molar-refractivity contribution in [1.29, 1.82) is 0 Å². The third kappa shape index (κ3) is 11.0. The molecule has 1 fully saturated rings. The highest BCUT2D eigenvalue weighted by molar-refractivity contribution is 6.94. The van der Waals surface area contributed by atoms with Crippen LogP contribution < -0.4 is 0 Å². The second-order valence-corrected chi connectivity index (χ2v) is 25.9. The molecule has 0 radical (unpaired) electrons. The van der Waals surface area contributed by atoms with E-state index in [1.54, 1.807) is 0 Å². The first kappa shape index (κ1) is 38.1. The highest BCUT2D eigenvalue weighted by Gasteiger charge is 2.61. The van der Waals surface area contributed by atoms with E-state index >= 15 is 0 Å². The average Bonchev–Trinajstić information content (AvgIpc) is 3.25. The Morgan fingerprint density at radius 1 is 0.222 bits per heavy atom. The topological polar surface area (TPSA) is 27.7 Å². The summed E-state index contributed by atoms with van der Waals surface area (Å²) < 4.78 is 23.9. The van der Waals surface area contributed by atoms with Gasteiger partial charge in [0.05, 0.1) is 0 Å². The van der Waals surface area contributed by atoms with Crippen LogP contribution in [0.4, 0.5) is 0 Å². The second-order valence-electron chi connectivity index (χ2n) is 15.0. The van der Waals surface area contributed by atoms with E-state index in [-0.39, 0.29) is 0 Å². The van der Waals surface area contributed by atoms with Crippen LogP contribution in [0.3, 0.4) is 0 Å². The zero-order valence-corrected chi connectivity index (χ0v) is 34.5. The molecule has 3 nitrogen and oxygen atoms in total. The molecular formula is C48H54O3Si3. The highest BCUT2D eigenvalue weighted by atomic mass is 28.5. The Hall–Kier alpha value is -4.15. The summed E-state index contributed by atoms with van der Waals surface area (Å²) in [5.41, 5.74) is 8.11. The molecule has 0 spiro atoms. The van der Waals surface area contributed by atoms with Gasteiger partial charge in [0.15, 0.2) is 0 Å². The molecule has 1 aliphatic rings. The van der Waals surface area contributed by atoms with Gasteiger partial charge in [-0.1, -0.05) is 182 Å². The van der Waals surface area contributed by atoms with Crippen molar-refractivity contribution in [3.8, 4) is 0 Å². The molecule has 0 saturated carbocycles. The van der Waals surface area contributed by atoms with Crippen molar-refractivity contribution in [2.24, 2.45) is 0 Å². The molecule has 1 saturated heterocycles. The van der Waals surface area contributed by atoms with Gasteiger partial charge in [-0.2, -0.15) is 0 Å². The Bertz CT molecular complexity index is 1570. The van der Waals surface area contributed by atoms with Gasteiger partial charge in [-0.25, -0.2) is 0 Å². The summed E-state index contributed by atoms with van der Waals surface area (Å²) in [5, 5.41) is 0. The van der Waals surface area contributed by atoms with Crippen molar-refractivity contribution in [2.75, 3.05) is 0 Å². The lowest BCUT2D eigenvalue weighted by molar-refractivity contribution is 0.206. The van der Waals surface area contributed by atoms with E-state index in [1.165, 1.54) is 33.4 Å². The molecule has 276 valence electrons. The number of benzene rings is 6. The Morgan fingerprint density at radius 2 is 0.370 bits per heavy atom. The van der Waals surface area contributed by atoms with Crippen LogP contribution in [0.1, 0.15) is 33.4 Å². The van der Waals surface area contributed by atoms with Gasteiger partial charge < -0.3 is 12.3 Å². The molecule has 6 aromatic carbocycles.